The van der Waals surface area contributed by atoms with Crippen molar-refractivity contribution in [1.82, 2.24) is 9.97 Å². The maximum Gasteiger partial charge on any atom is 0.148 e. The molecule has 17 heavy (non-hydrogen) atoms. The first kappa shape index (κ1) is 13.9. The van der Waals surface area contributed by atoms with Crippen molar-refractivity contribution in [3.63, 3.8) is 0 Å². The number of nitrogens with two attached hydrogens (primary N) is 1. The van der Waals surface area contributed by atoms with Crippen molar-refractivity contribution in [2.45, 2.75) is 46.6 Å². The summed E-state index contributed by atoms with van der Waals surface area (Å²) in [6.07, 6.45) is 2.79. The molecule has 1 aromatic heterocycles. The molecular weight excluding hydrogens is 212 g/mol. The summed E-state index contributed by atoms with van der Waals surface area (Å²) in [6, 6.07) is 0. The minimum Gasteiger partial charge on any atom is -0.362 e. The highest BCUT2D eigenvalue weighted by atomic mass is 15.1. The molecule has 1 atom stereocenters. The Morgan fingerprint density at radius 1 is 1.41 bits per heavy atom. The number of aromatic nitrogens is 2. The average Bonchev–Trinajstić information content (AvgIpc) is 2.22. The van der Waals surface area contributed by atoms with Crippen LogP contribution < -0.4 is 11.1 Å². The Kier molecular flexibility index (Phi) is 4.46. The molecule has 4 heteroatoms. The summed E-state index contributed by atoms with van der Waals surface area (Å²) in [7, 11) is 0. The van der Waals surface area contributed by atoms with Crippen molar-refractivity contribution in [2.75, 3.05) is 11.9 Å². The molecule has 1 rings (SSSR count). The molecule has 1 aromatic rings. The lowest BCUT2D eigenvalue weighted by atomic mass is 9.90. The van der Waals surface area contributed by atoms with Crippen LogP contribution in [0.1, 0.15) is 38.6 Å². The first-order chi connectivity index (χ1) is 7.86. The first-order valence-corrected chi connectivity index (χ1v) is 6.15. The smallest absolute Gasteiger partial charge is 0.148 e. The molecule has 0 saturated heterocycles. The van der Waals surface area contributed by atoms with E-state index in [0.717, 1.165) is 23.6 Å². The molecule has 0 amide bonds. The van der Waals surface area contributed by atoms with Crippen LogP contribution in [0.25, 0.3) is 0 Å². The molecule has 1 unspecified atom stereocenters. The molecule has 0 aromatic carbocycles. The zero-order valence-corrected chi connectivity index (χ0v) is 11.5. The topological polar surface area (TPSA) is 63.8 Å². The van der Waals surface area contributed by atoms with Crippen LogP contribution in [0.15, 0.2) is 6.20 Å². The summed E-state index contributed by atoms with van der Waals surface area (Å²) in [6.45, 7) is 11.0. The number of hydrogen-bond donors (Lipinski definition) is 2. The number of rotatable bonds is 5. The van der Waals surface area contributed by atoms with Gasteiger partial charge in [-0.3, -0.25) is 4.98 Å². The number of aryl methyl sites for hydroxylation is 2. The van der Waals surface area contributed by atoms with Crippen molar-refractivity contribution in [2.24, 2.45) is 11.7 Å². The van der Waals surface area contributed by atoms with E-state index in [1.54, 1.807) is 6.20 Å². The molecule has 0 spiro atoms. The Morgan fingerprint density at radius 2 is 2.06 bits per heavy atom. The number of nitrogens with one attached hydrogen (secondary N) is 1. The fraction of sp³-hybridized carbons (Fsp3) is 0.692. The number of hydrogen-bond acceptors (Lipinski definition) is 4. The summed E-state index contributed by atoms with van der Waals surface area (Å²) < 4.78 is 0. The van der Waals surface area contributed by atoms with E-state index < -0.39 is 0 Å². The van der Waals surface area contributed by atoms with Crippen LogP contribution in [0, 0.1) is 19.8 Å². The van der Waals surface area contributed by atoms with Gasteiger partial charge in [0.15, 0.2) is 0 Å². The molecule has 0 fully saturated rings. The summed E-state index contributed by atoms with van der Waals surface area (Å²) >= 11 is 0. The van der Waals surface area contributed by atoms with Gasteiger partial charge in [0, 0.05) is 18.3 Å². The Bertz CT molecular complexity index is 376. The van der Waals surface area contributed by atoms with Crippen LogP contribution in [0.4, 0.5) is 5.82 Å². The molecule has 0 aliphatic heterocycles. The highest BCUT2D eigenvalue weighted by Gasteiger charge is 2.24. The van der Waals surface area contributed by atoms with Gasteiger partial charge in [-0.2, -0.15) is 0 Å². The largest absolute Gasteiger partial charge is 0.362 e. The summed E-state index contributed by atoms with van der Waals surface area (Å²) in [5.41, 5.74) is 7.59. The summed E-state index contributed by atoms with van der Waals surface area (Å²) in [5.74, 6) is 1.44. The second kappa shape index (κ2) is 5.45. The molecule has 3 N–H and O–H groups in total. The van der Waals surface area contributed by atoms with Crippen LogP contribution in [0.5, 0.6) is 0 Å². The van der Waals surface area contributed by atoms with E-state index in [0.29, 0.717) is 12.5 Å². The Hall–Kier alpha value is -1.16. The molecule has 1 heterocycles. The molecular formula is C13H24N4. The van der Waals surface area contributed by atoms with Gasteiger partial charge in [-0.05, 0) is 33.1 Å². The predicted octanol–water partition coefficient (Wildman–Crippen LogP) is 2.27. The van der Waals surface area contributed by atoms with Crippen molar-refractivity contribution < 1.29 is 0 Å². The molecule has 0 aliphatic rings. The van der Waals surface area contributed by atoms with Gasteiger partial charge in [-0.1, -0.05) is 13.8 Å². The molecule has 0 bridgehead atoms. The third-order valence-corrected chi connectivity index (χ3v) is 2.81. The number of nitrogens with zero attached hydrogens (tertiary/aromatic N) is 2. The van der Waals surface area contributed by atoms with Crippen molar-refractivity contribution in [1.29, 1.82) is 0 Å². The van der Waals surface area contributed by atoms with Gasteiger partial charge in [0.1, 0.15) is 5.82 Å². The van der Waals surface area contributed by atoms with E-state index in [1.165, 1.54) is 0 Å². The molecule has 4 nitrogen and oxygen atoms in total. The Labute approximate surface area is 104 Å². The molecule has 0 radical (unpaired) electrons. The van der Waals surface area contributed by atoms with E-state index in [1.807, 2.05) is 13.8 Å². The zero-order valence-electron chi connectivity index (χ0n) is 11.5. The summed E-state index contributed by atoms with van der Waals surface area (Å²) in [5, 5.41) is 3.45. The van der Waals surface area contributed by atoms with Crippen LogP contribution in [-0.4, -0.2) is 22.1 Å². The standard InChI is InChI=1S/C13H24N4/c1-9(2)6-13(5,8-14)17-12-11(4)15-7-10(3)16-12/h7,9H,6,8,14H2,1-5H3,(H,16,17). The fourth-order valence-electron chi connectivity index (χ4n) is 2.03. The minimum absolute atomic E-state index is 0.124. The second-order valence-corrected chi connectivity index (χ2v) is 5.43. The highest BCUT2D eigenvalue weighted by Crippen LogP contribution is 2.22. The van der Waals surface area contributed by atoms with Crippen LogP contribution in [0.3, 0.4) is 0 Å². The maximum atomic E-state index is 5.88. The van der Waals surface area contributed by atoms with E-state index in [-0.39, 0.29) is 5.54 Å². The van der Waals surface area contributed by atoms with E-state index >= 15 is 0 Å². The van der Waals surface area contributed by atoms with Crippen molar-refractivity contribution in [3.8, 4) is 0 Å². The third-order valence-electron chi connectivity index (χ3n) is 2.81. The van der Waals surface area contributed by atoms with Gasteiger partial charge in [-0.25, -0.2) is 4.98 Å². The normalized spacial score (nSPS) is 14.8. The predicted molar refractivity (Wildman–Crippen MR) is 72.0 cm³/mol. The lowest BCUT2D eigenvalue weighted by Crippen LogP contribution is -2.44. The van der Waals surface area contributed by atoms with Gasteiger partial charge in [0.25, 0.3) is 0 Å². The average molecular weight is 236 g/mol. The summed E-state index contributed by atoms with van der Waals surface area (Å²) in [4.78, 5) is 8.79. The molecule has 0 aliphatic carbocycles. The Morgan fingerprint density at radius 3 is 2.59 bits per heavy atom. The first-order valence-electron chi connectivity index (χ1n) is 6.15. The van der Waals surface area contributed by atoms with Gasteiger partial charge < -0.3 is 11.1 Å². The Balaban J connectivity index is 2.90. The monoisotopic (exact) mass is 236 g/mol. The van der Waals surface area contributed by atoms with Crippen molar-refractivity contribution in [3.05, 3.63) is 17.6 Å². The van der Waals surface area contributed by atoms with Gasteiger partial charge in [-0.15, -0.1) is 0 Å². The van der Waals surface area contributed by atoms with E-state index in [4.69, 9.17) is 5.73 Å². The highest BCUT2D eigenvalue weighted by molar-refractivity contribution is 5.42. The maximum absolute atomic E-state index is 5.88. The lowest BCUT2D eigenvalue weighted by molar-refractivity contribution is 0.405. The van der Waals surface area contributed by atoms with Crippen LogP contribution in [0.2, 0.25) is 0 Å². The molecule has 96 valence electrons. The van der Waals surface area contributed by atoms with Gasteiger partial charge in [0.2, 0.25) is 0 Å². The van der Waals surface area contributed by atoms with Crippen LogP contribution in [-0.2, 0) is 0 Å². The minimum atomic E-state index is -0.124. The third kappa shape index (κ3) is 3.97. The SMILES string of the molecule is Cc1cnc(C)c(NC(C)(CN)CC(C)C)n1. The lowest BCUT2D eigenvalue weighted by Gasteiger charge is -2.32. The van der Waals surface area contributed by atoms with Crippen LogP contribution >= 0.6 is 0 Å². The fourth-order valence-corrected chi connectivity index (χ4v) is 2.03. The molecule has 0 saturated carbocycles. The van der Waals surface area contributed by atoms with Gasteiger partial charge >= 0.3 is 0 Å². The van der Waals surface area contributed by atoms with Gasteiger partial charge in [0.05, 0.1) is 11.4 Å². The van der Waals surface area contributed by atoms with E-state index in [9.17, 15) is 0 Å². The zero-order chi connectivity index (χ0) is 13.1. The van der Waals surface area contributed by atoms with Crippen molar-refractivity contribution >= 4 is 5.82 Å². The number of anilines is 1. The van der Waals surface area contributed by atoms with E-state index in [2.05, 4.69) is 36.1 Å². The quantitative estimate of drug-likeness (QED) is 0.823. The second-order valence-electron chi connectivity index (χ2n) is 5.43.